The van der Waals surface area contributed by atoms with Gasteiger partial charge in [-0.3, -0.25) is 4.79 Å². The third-order valence-electron chi connectivity index (χ3n) is 1.51. The number of amides is 1. The van der Waals surface area contributed by atoms with Crippen LogP contribution in [0.25, 0.3) is 0 Å². The molecule has 1 aromatic rings. The Labute approximate surface area is 85.0 Å². The fraction of sp³-hybridized carbons (Fsp3) is 0.222. The quantitative estimate of drug-likeness (QED) is 0.879. The predicted molar refractivity (Wildman–Crippen MR) is 53.4 cm³/mol. The molecule has 0 bridgehead atoms. The van der Waals surface area contributed by atoms with Gasteiger partial charge in [-0.25, -0.2) is 0 Å². The average Bonchev–Trinajstić information content (AvgIpc) is 2.04. The lowest BCUT2D eigenvalue weighted by Crippen LogP contribution is -2.30. The van der Waals surface area contributed by atoms with Crippen LogP contribution in [0, 0.1) is 0 Å². The van der Waals surface area contributed by atoms with E-state index in [0.717, 1.165) is 4.47 Å². The molecule has 0 heterocycles. The first-order valence-corrected chi connectivity index (χ1v) is 4.60. The van der Waals surface area contributed by atoms with E-state index in [1.807, 2.05) is 12.1 Å². The van der Waals surface area contributed by atoms with Crippen LogP contribution in [0.2, 0.25) is 0 Å². The molecule has 0 fully saturated rings. The molecule has 0 aromatic heterocycles. The second kappa shape index (κ2) is 4.28. The number of carbonyl (C=O) groups excluding carboxylic acids is 1. The molecule has 0 unspecified atom stereocenters. The largest absolute Gasteiger partial charge is 0.481 e. The van der Waals surface area contributed by atoms with Crippen LogP contribution >= 0.6 is 15.9 Å². The normalized spacial score (nSPS) is 12.2. The van der Waals surface area contributed by atoms with E-state index in [0.29, 0.717) is 5.75 Å². The minimum Gasteiger partial charge on any atom is -0.481 e. The van der Waals surface area contributed by atoms with Crippen molar-refractivity contribution in [2.45, 2.75) is 13.0 Å². The van der Waals surface area contributed by atoms with Gasteiger partial charge in [-0.1, -0.05) is 22.0 Å². The van der Waals surface area contributed by atoms with Gasteiger partial charge in [0.25, 0.3) is 5.91 Å². The average molecular weight is 244 g/mol. The number of ether oxygens (including phenoxy) is 1. The maximum Gasteiger partial charge on any atom is 0.258 e. The summed E-state index contributed by atoms with van der Waals surface area (Å²) in [7, 11) is 0. The number of carbonyl (C=O) groups is 1. The van der Waals surface area contributed by atoms with E-state index in [1.54, 1.807) is 19.1 Å². The van der Waals surface area contributed by atoms with Gasteiger partial charge in [0, 0.05) is 4.47 Å². The monoisotopic (exact) mass is 243 g/mol. The lowest BCUT2D eigenvalue weighted by atomic mass is 10.3. The van der Waals surface area contributed by atoms with Crippen LogP contribution < -0.4 is 10.5 Å². The van der Waals surface area contributed by atoms with E-state index in [-0.39, 0.29) is 0 Å². The fourth-order valence-electron chi connectivity index (χ4n) is 0.803. The molecule has 13 heavy (non-hydrogen) atoms. The molecule has 0 aliphatic carbocycles. The topological polar surface area (TPSA) is 52.3 Å². The minimum absolute atomic E-state index is 0.472. The Balaban J connectivity index is 2.69. The van der Waals surface area contributed by atoms with Crippen molar-refractivity contribution in [1.29, 1.82) is 0 Å². The van der Waals surface area contributed by atoms with E-state index < -0.39 is 12.0 Å². The summed E-state index contributed by atoms with van der Waals surface area (Å²) in [6.45, 7) is 1.61. The summed E-state index contributed by atoms with van der Waals surface area (Å²) < 4.78 is 6.16. The highest BCUT2D eigenvalue weighted by Gasteiger charge is 2.09. The lowest BCUT2D eigenvalue weighted by Gasteiger charge is -2.10. The highest BCUT2D eigenvalue weighted by molar-refractivity contribution is 9.10. The van der Waals surface area contributed by atoms with Crippen LogP contribution in [0.5, 0.6) is 5.75 Å². The van der Waals surface area contributed by atoms with Gasteiger partial charge < -0.3 is 10.5 Å². The smallest absolute Gasteiger partial charge is 0.258 e. The van der Waals surface area contributed by atoms with Gasteiger partial charge in [0.05, 0.1) is 0 Å². The third-order valence-corrected chi connectivity index (χ3v) is 2.00. The van der Waals surface area contributed by atoms with Crippen LogP contribution in [-0.4, -0.2) is 12.0 Å². The molecule has 1 aromatic carbocycles. The molecule has 0 saturated heterocycles. The molecule has 0 radical (unpaired) electrons. The zero-order valence-corrected chi connectivity index (χ0v) is 8.74. The van der Waals surface area contributed by atoms with Crippen molar-refractivity contribution in [2.24, 2.45) is 5.73 Å². The van der Waals surface area contributed by atoms with E-state index >= 15 is 0 Å². The van der Waals surface area contributed by atoms with Crippen molar-refractivity contribution < 1.29 is 9.53 Å². The first kappa shape index (κ1) is 10.1. The molecule has 3 nitrogen and oxygen atoms in total. The first-order valence-electron chi connectivity index (χ1n) is 3.81. The van der Waals surface area contributed by atoms with Crippen LogP contribution in [0.15, 0.2) is 28.7 Å². The summed E-state index contributed by atoms with van der Waals surface area (Å²) in [5.74, 6) is 0.153. The summed E-state index contributed by atoms with van der Waals surface area (Å²) >= 11 is 3.29. The van der Waals surface area contributed by atoms with E-state index in [9.17, 15) is 4.79 Å². The number of hydrogen-bond donors (Lipinski definition) is 1. The summed E-state index contributed by atoms with van der Waals surface area (Å²) in [6.07, 6.45) is -0.603. The Morgan fingerprint density at radius 1 is 1.62 bits per heavy atom. The Morgan fingerprint density at radius 3 is 2.85 bits per heavy atom. The van der Waals surface area contributed by atoms with Gasteiger partial charge in [0.1, 0.15) is 5.75 Å². The van der Waals surface area contributed by atoms with E-state index in [2.05, 4.69) is 15.9 Å². The zero-order chi connectivity index (χ0) is 9.84. The Bertz CT molecular complexity index is 314. The van der Waals surface area contributed by atoms with Crippen molar-refractivity contribution in [2.75, 3.05) is 0 Å². The van der Waals surface area contributed by atoms with Crippen molar-refractivity contribution >= 4 is 21.8 Å². The second-order valence-electron chi connectivity index (χ2n) is 2.62. The molecule has 0 saturated carbocycles. The summed E-state index contributed by atoms with van der Waals surface area (Å²) in [4.78, 5) is 10.7. The molecular formula is C9H10BrNO2. The summed E-state index contributed by atoms with van der Waals surface area (Å²) in [6, 6.07) is 7.25. The van der Waals surface area contributed by atoms with Gasteiger partial charge in [-0.05, 0) is 25.1 Å². The molecule has 1 atom stereocenters. The molecule has 4 heteroatoms. The highest BCUT2D eigenvalue weighted by atomic mass is 79.9. The molecular weight excluding hydrogens is 234 g/mol. The third kappa shape index (κ3) is 3.06. The summed E-state index contributed by atoms with van der Waals surface area (Å²) in [5.41, 5.74) is 5.05. The Kier molecular flexibility index (Phi) is 3.31. The first-order chi connectivity index (χ1) is 6.09. The molecule has 0 spiro atoms. The van der Waals surface area contributed by atoms with Crippen molar-refractivity contribution in [3.05, 3.63) is 28.7 Å². The molecule has 0 aliphatic rings. The number of primary amides is 1. The molecule has 0 aliphatic heterocycles. The van der Waals surface area contributed by atoms with E-state index in [1.165, 1.54) is 0 Å². The van der Waals surface area contributed by atoms with Gasteiger partial charge in [-0.15, -0.1) is 0 Å². The number of nitrogens with two attached hydrogens (primary N) is 1. The van der Waals surface area contributed by atoms with Gasteiger partial charge in [0.2, 0.25) is 0 Å². The van der Waals surface area contributed by atoms with Crippen molar-refractivity contribution in [3.63, 3.8) is 0 Å². The zero-order valence-electron chi connectivity index (χ0n) is 7.16. The standard InChI is InChI=1S/C9H10BrNO2/c1-6(9(11)12)13-8-4-2-3-7(10)5-8/h2-6H,1H3,(H2,11,12)/t6-/m1/s1. The molecule has 1 amide bonds. The summed E-state index contributed by atoms with van der Waals surface area (Å²) in [5, 5.41) is 0. The maximum atomic E-state index is 10.7. The molecule has 2 N–H and O–H groups in total. The van der Waals surface area contributed by atoms with Crippen LogP contribution in [0.4, 0.5) is 0 Å². The van der Waals surface area contributed by atoms with Crippen molar-refractivity contribution in [1.82, 2.24) is 0 Å². The van der Waals surface area contributed by atoms with E-state index in [4.69, 9.17) is 10.5 Å². The lowest BCUT2D eigenvalue weighted by molar-refractivity contribution is -0.123. The number of rotatable bonds is 3. The van der Waals surface area contributed by atoms with Crippen LogP contribution in [0.1, 0.15) is 6.92 Å². The van der Waals surface area contributed by atoms with Crippen molar-refractivity contribution in [3.8, 4) is 5.75 Å². The number of benzene rings is 1. The Hall–Kier alpha value is -1.03. The van der Waals surface area contributed by atoms with Gasteiger partial charge in [-0.2, -0.15) is 0 Å². The highest BCUT2D eigenvalue weighted by Crippen LogP contribution is 2.18. The Morgan fingerprint density at radius 2 is 2.31 bits per heavy atom. The maximum absolute atomic E-state index is 10.7. The second-order valence-corrected chi connectivity index (χ2v) is 3.54. The minimum atomic E-state index is -0.603. The van der Waals surface area contributed by atoms with Gasteiger partial charge >= 0.3 is 0 Å². The van der Waals surface area contributed by atoms with Crippen LogP contribution in [0.3, 0.4) is 0 Å². The number of hydrogen-bond acceptors (Lipinski definition) is 2. The SMILES string of the molecule is C[C@@H](Oc1cccc(Br)c1)C(N)=O. The molecule has 1 rings (SSSR count). The predicted octanol–water partition coefficient (Wildman–Crippen LogP) is 1.70. The fourth-order valence-corrected chi connectivity index (χ4v) is 1.18. The van der Waals surface area contributed by atoms with Crippen LogP contribution in [-0.2, 0) is 4.79 Å². The molecule has 70 valence electrons. The van der Waals surface area contributed by atoms with Gasteiger partial charge in [0.15, 0.2) is 6.10 Å². The number of halogens is 1.